The highest BCUT2D eigenvalue weighted by Gasteiger charge is 2.25. The van der Waals surface area contributed by atoms with E-state index in [2.05, 4.69) is 15.6 Å². The fourth-order valence-corrected chi connectivity index (χ4v) is 2.37. The predicted octanol–water partition coefficient (Wildman–Crippen LogP) is 3.46. The Morgan fingerprint density at radius 2 is 2.10 bits per heavy atom. The van der Waals surface area contributed by atoms with Crippen LogP contribution in [0, 0.1) is 9.39 Å². The van der Waals surface area contributed by atoms with E-state index in [0.29, 0.717) is 16.9 Å². The van der Waals surface area contributed by atoms with Gasteiger partial charge in [-0.15, -0.1) is 0 Å². The third-order valence-electron chi connectivity index (χ3n) is 3.18. The topological polar surface area (TPSA) is 54.0 Å². The van der Waals surface area contributed by atoms with Crippen LogP contribution in [0.15, 0.2) is 36.7 Å². The lowest BCUT2D eigenvalue weighted by Crippen LogP contribution is -2.26. The largest absolute Gasteiger partial charge is 0.351 e. The number of benzene rings is 1. The molecule has 1 fully saturated rings. The maximum Gasteiger partial charge on any atom is 0.253 e. The van der Waals surface area contributed by atoms with Crippen molar-refractivity contribution < 1.29 is 9.18 Å². The number of hydrogen-bond donors (Lipinski definition) is 2. The average Bonchev–Trinajstić information content (AvgIpc) is 3.26. The van der Waals surface area contributed by atoms with E-state index >= 15 is 0 Å². The summed E-state index contributed by atoms with van der Waals surface area (Å²) in [4.78, 5) is 16.2. The molecule has 0 bridgehead atoms. The smallest absolute Gasteiger partial charge is 0.253 e. The Hall–Kier alpha value is -1.70. The number of nitrogens with one attached hydrogen (secondary N) is 2. The van der Waals surface area contributed by atoms with Crippen LogP contribution in [0.4, 0.5) is 15.8 Å². The summed E-state index contributed by atoms with van der Waals surface area (Å²) >= 11 is 2.05. The molecule has 2 aromatic rings. The van der Waals surface area contributed by atoms with Crippen LogP contribution in [-0.2, 0) is 0 Å². The van der Waals surface area contributed by atoms with Gasteiger partial charge < -0.3 is 10.6 Å². The second-order valence-electron chi connectivity index (χ2n) is 4.92. The molecule has 6 heteroatoms. The molecular weight excluding hydrogens is 384 g/mol. The normalized spacial score (nSPS) is 13.8. The van der Waals surface area contributed by atoms with Crippen LogP contribution in [0.25, 0.3) is 0 Å². The molecule has 0 aliphatic heterocycles. The molecule has 1 heterocycles. The van der Waals surface area contributed by atoms with E-state index in [4.69, 9.17) is 0 Å². The molecule has 21 heavy (non-hydrogen) atoms. The van der Waals surface area contributed by atoms with Crippen molar-refractivity contribution in [2.45, 2.75) is 18.9 Å². The van der Waals surface area contributed by atoms with Crippen molar-refractivity contribution in [1.29, 1.82) is 0 Å². The van der Waals surface area contributed by atoms with Gasteiger partial charge in [0.05, 0.1) is 23.1 Å². The van der Waals surface area contributed by atoms with Crippen molar-refractivity contribution in [2.24, 2.45) is 0 Å². The van der Waals surface area contributed by atoms with E-state index in [1.807, 2.05) is 22.6 Å². The fraction of sp³-hybridized carbons (Fsp3) is 0.200. The molecule has 108 valence electrons. The zero-order valence-electron chi connectivity index (χ0n) is 11.1. The van der Waals surface area contributed by atoms with E-state index in [1.165, 1.54) is 12.3 Å². The summed E-state index contributed by atoms with van der Waals surface area (Å²) in [5, 5.41) is 5.86. The number of amides is 1. The van der Waals surface area contributed by atoms with Gasteiger partial charge in [-0.25, -0.2) is 4.39 Å². The number of carbonyl (C=O) groups is 1. The molecule has 1 aromatic heterocycles. The van der Waals surface area contributed by atoms with Gasteiger partial charge in [0.25, 0.3) is 5.91 Å². The van der Waals surface area contributed by atoms with Crippen LogP contribution in [0.1, 0.15) is 23.2 Å². The van der Waals surface area contributed by atoms with Crippen molar-refractivity contribution in [3.8, 4) is 0 Å². The van der Waals surface area contributed by atoms with E-state index in [9.17, 15) is 9.18 Å². The van der Waals surface area contributed by atoms with Crippen LogP contribution < -0.4 is 10.6 Å². The summed E-state index contributed by atoms with van der Waals surface area (Å²) < 4.78 is 14.7. The second kappa shape index (κ2) is 5.97. The Morgan fingerprint density at radius 3 is 2.81 bits per heavy atom. The fourth-order valence-electron chi connectivity index (χ4n) is 1.92. The maximum atomic E-state index is 13.9. The molecule has 0 atom stereocenters. The summed E-state index contributed by atoms with van der Waals surface area (Å²) in [6, 6.07) is 6.78. The number of anilines is 2. The van der Waals surface area contributed by atoms with E-state index < -0.39 is 0 Å². The van der Waals surface area contributed by atoms with E-state index in [-0.39, 0.29) is 17.8 Å². The first-order valence-corrected chi connectivity index (χ1v) is 7.68. The van der Waals surface area contributed by atoms with Crippen LogP contribution >= 0.6 is 22.6 Å². The van der Waals surface area contributed by atoms with Crippen molar-refractivity contribution in [2.75, 3.05) is 5.32 Å². The summed E-state index contributed by atoms with van der Waals surface area (Å²) in [7, 11) is 0. The van der Waals surface area contributed by atoms with Gasteiger partial charge in [0.15, 0.2) is 0 Å². The Labute approximate surface area is 135 Å². The van der Waals surface area contributed by atoms with Crippen LogP contribution in [0.3, 0.4) is 0 Å². The summed E-state index contributed by atoms with van der Waals surface area (Å²) in [5.74, 6) is -0.521. The summed E-state index contributed by atoms with van der Waals surface area (Å²) in [6.45, 7) is 0. The lowest BCUT2D eigenvalue weighted by Gasteiger charge is -2.12. The third-order valence-corrected chi connectivity index (χ3v) is 3.85. The minimum atomic E-state index is -0.362. The molecule has 1 aromatic carbocycles. The highest BCUT2D eigenvalue weighted by molar-refractivity contribution is 14.1. The Kier molecular flexibility index (Phi) is 4.05. The minimum absolute atomic E-state index is 0.159. The van der Waals surface area contributed by atoms with Gasteiger partial charge >= 0.3 is 0 Å². The molecule has 1 aliphatic rings. The van der Waals surface area contributed by atoms with Gasteiger partial charge in [-0.3, -0.25) is 9.78 Å². The Balaban J connectivity index is 1.85. The van der Waals surface area contributed by atoms with Gasteiger partial charge in [0, 0.05) is 15.8 Å². The molecule has 1 amide bonds. The zero-order chi connectivity index (χ0) is 14.8. The second-order valence-corrected chi connectivity index (χ2v) is 6.16. The monoisotopic (exact) mass is 397 g/mol. The van der Waals surface area contributed by atoms with Gasteiger partial charge in [0.2, 0.25) is 0 Å². The number of nitrogens with zero attached hydrogens (tertiary/aromatic N) is 1. The minimum Gasteiger partial charge on any atom is -0.351 e. The van der Waals surface area contributed by atoms with Gasteiger partial charge in [0.1, 0.15) is 5.82 Å². The number of hydrogen-bond acceptors (Lipinski definition) is 3. The van der Waals surface area contributed by atoms with Crippen molar-refractivity contribution in [1.82, 2.24) is 10.3 Å². The summed E-state index contributed by atoms with van der Waals surface area (Å²) in [5.41, 5.74) is 1.29. The molecule has 1 aliphatic carbocycles. The molecule has 1 saturated carbocycles. The van der Waals surface area contributed by atoms with Crippen LogP contribution in [0.2, 0.25) is 0 Å². The lowest BCUT2D eigenvalue weighted by atomic mass is 10.2. The van der Waals surface area contributed by atoms with Gasteiger partial charge in [-0.05, 0) is 59.7 Å². The number of aromatic nitrogens is 1. The van der Waals surface area contributed by atoms with E-state index in [1.54, 1.807) is 24.4 Å². The van der Waals surface area contributed by atoms with Crippen molar-refractivity contribution in [3.63, 3.8) is 0 Å². The highest BCUT2D eigenvalue weighted by Crippen LogP contribution is 2.25. The Morgan fingerprint density at radius 1 is 1.29 bits per heavy atom. The van der Waals surface area contributed by atoms with E-state index in [0.717, 1.165) is 16.4 Å². The number of halogens is 2. The first-order chi connectivity index (χ1) is 10.1. The number of carbonyl (C=O) groups excluding carboxylic acids is 1. The van der Waals surface area contributed by atoms with Crippen LogP contribution in [0.5, 0.6) is 0 Å². The highest BCUT2D eigenvalue weighted by atomic mass is 127. The van der Waals surface area contributed by atoms with Crippen molar-refractivity contribution >= 4 is 39.9 Å². The summed E-state index contributed by atoms with van der Waals surface area (Å²) in [6.07, 6.45) is 5.12. The number of pyridine rings is 1. The standard InChI is InChI=1S/C15H13FIN3O/c16-12-7-9(17)1-4-13(12)20-14-8-18-6-5-11(14)15(21)19-10-2-3-10/h1,4-8,10,20H,2-3H2,(H,19,21). The van der Waals surface area contributed by atoms with Gasteiger partial charge in [-0.1, -0.05) is 0 Å². The Bertz CT molecular complexity index is 688. The van der Waals surface area contributed by atoms with Gasteiger partial charge in [-0.2, -0.15) is 0 Å². The quantitative estimate of drug-likeness (QED) is 0.778. The van der Waals surface area contributed by atoms with Crippen molar-refractivity contribution in [3.05, 3.63) is 51.6 Å². The molecule has 3 rings (SSSR count). The first-order valence-electron chi connectivity index (χ1n) is 6.60. The third kappa shape index (κ3) is 3.49. The zero-order valence-corrected chi connectivity index (χ0v) is 13.2. The SMILES string of the molecule is O=C(NC1CC1)c1ccncc1Nc1ccc(I)cc1F. The molecule has 4 nitrogen and oxygen atoms in total. The number of rotatable bonds is 4. The average molecular weight is 397 g/mol. The molecular formula is C15H13FIN3O. The molecule has 0 spiro atoms. The lowest BCUT2D eigenvalue weighted by molar-refractivity contribution is 0.0952. The molecule has 0 saturated heterocycles. The maximum absolute atomic E-state index is 13.9. The molecule has 0 radical (unpaired) electrons. The predicted molar refractivity (Wildman–Crippen MR) is 87.1 cm³/mol. The molecule has 0 unspecified atom stereocenters. The first kappa shape index (κ1) is 14.2. The van der Waals surface area contributed by atoms with Crippen LogP contribution in [-0.4, -0.2) is 16.9 Å². The molecule has 2 N–H and O–H groups in total.